The van der Waals surface area contributed by atoms with Crippen LogP contribution in [0.1, 0.15) is 45.1 Å². The lowest BCUT2D eigenvalue weighted by Crippen LogP contribution is -2.57. The van der Waals surface area contributed by atoms with Gasteiger partial charge in [0.1, 0.15) is 0 Å². The van der Waals surface area contributed by atoms with Crippen LogP contribution in [0.4, 0.5) is 5.69 Å². The van der Waals surface area contributed by atoms with Crippen LogP contribution < -0.4 is 5.32 Å². The zero-order chi connectivity index (χ0) is 12.8. The van der Waals surface area contributed by atoms with Crippen molar-refractivity contribution in [3.05, 3.63) is 29.8 Å². The Bertz CT molecular complexity index is 429. The summed E-state index contributed by atoms with van der Waals surface area (Å²) in [5.74, 6) is 0. The summed E-state index contributed by atoms with van der Waals surface area (Å²) < 4.78 is 0. The molecule has 3 rings (SSSR count). The van der Waals surface area contributed by atoms with Crippen LogP contribution >= 0.6 is 0 Å². The van der Waals surface area contributed by atoms with Gasteiger partial charge < -0.3 is 10.4 Å². The first kappa shape index (κ1) is 12.0. The lowest BCUT2D eigenvalue weighted by atomic mass is 9.62. The molecule has 1 heterocycles. The van der Waals surface area contributed by atoms with Crippen LogP contribution in [-0.4, -0.2) is 16.7 Å². The van der Waals surface area contributed by atoms with Gasteiger partial charge in [0, 0.05) is 5.69 Å². The molecular formula is C16H23NO. The predicted octanol–water partition coefficient (Wildman–Crippen LogP) is 3.35. The fourth-order valence-corrected chi connectivity index (χ4v) is 3.75. The van der Waals surface area contributed by atoms with E-state index in [2.05, 4.69) is 43.4 Å². The average molecular weight is 245 g/mol. The van der Waals surface area contributed by atoms with Gasteiger partial charge in [-0.15, -0.1) is 0 Å². The van der Waals surface area contributed by atoms with Crippen molar-refractivity contribution in [1.29, 1.82) is 0 Å². The van der Waals surface area contributed by atoms with Crippen molar-refractivity contribution in [1.82, 2.24) is 0 Å². The van der Waals surface area contributed by atoms with E-state index in [0.29, 0.717) is 0 Å². The minimum Gasteiger partial charge on any atom is -0.387 e. The summed E-state index contributed by atoms with van der Waals surface area (Å²) in [4.78, 5) is 0. The van der Waals surface area contributed by atoms with E-state index in [1.54, 1.807) is 0 Å². The number of hydrogen-bond donors (Lipinski definition) is 2. The Morgan fingerprint density at radius 2 is 1.89 bits per heavy atom. The van der Waals surface area contributed by atoms with Crippen molar-refractivity contribution in [2.45, 2.75) is 57.6 Å². The van der Waals surface area contributed by atoms with Crippen LogP contribution in [-0.2, 0) is 6.42 Å². The number of para-hydroxylation sites is 1. The topological polar surface area (TPSA) is 32.3 Å². The molecule has 0 radical (unpaired) electrons. The summed E-state index contributed by atoms with van der Waals surface area (Å²) in [5.41, 5.74) is 1.98. The normalized spacial score (nSPS) is 33.8. The molecule has 0 bridgehead atoms. The third kappa shape index (κ3) is 1.66. The molecule has 2 atom stereocenters. The van der Waals surface area contributed by atoms with Gasteiger partial charge in [-0.2, -0.15) is 0 Å². The van der Waals surface area contributed by atoms with Gasteiger partial charge >= 0.3 is 0 Å². The molecule has 1 saturated carbocycles. The van der Waals surface area contributed by atoms with Gasteiger partial charge in [-0.1, -0.05) is 44.9 Å². The third-order valence-electron chi connectivity index (χ3n) is 5.13. The fraction of sp³-hybridized carbons (Fsp3) is 0.625. The van der Waals surface area contributed by atoms with Gasteiger partial charge in [0.25, 0.3) is 0 Å². The number of aliphatic hydroxyl groups is 1. The molecule has 98 valence electrons. The van der Waals surface area contributed by atoms with E-state index < -0.39 is 5.60 Å². The molecule has 0 amide bonds. The standard InChI is InChI=1S/C16H23NO/c1-15(2)9-5-6-10-16(15,18)14-11-12-7-3-4-8-13(12)17-14/h3-4,7-8,14,17-18H,5-6,9-11H2,1-2H3. The van der Waals surface area contributed by atoms with Crippen molar-refractivity contribution < 1.29 is 5.11 Å². The maximum atomic E-state index is 11.2. The Labute approximate surface area is 109 Å². The van der Waals surface area contributed by atoms with Gasteiger partial charge in [-0.25, -0.2) is 0 Å². The predicted molar refractivity (Wildman–Crippen MR) is 74.8 cm³/mol. The van der Waals surface area contributed by atoms with Gasteiger partial charge in [0.2, 0.25) is 0 Å². The van der Waals surface area contributed by atoms with E-state index in [9.17, 15) is 5.11 Å². The van der Waals surface area contributed by atoms with Crippen LogP contribution in [0.2, 0.25) is 0 Å². The maximum Gasteiger partial charge on any atom is 0.0901 e. The molecule has 1 aromatic carbocycles. The highest BCUT2D eigenvalue weighted by Crippen LogP contribution is 2.48. The number of hydrogen-bond acceptors (Lipinski definition) is 2. The number of anilines is 1. The highest BCUT2D eigenvalue weighted by Gasteiger charge is 2.51. The van der Waals surface area contributed by atoms with Gasteiger partial charge in [0.15, 0.2) is 0 Å². The molecule has 2 heteroatoms. The summed E-state index contributed by atoms with van der Waals surface area (Å²) in [6, 6.07) is 8.60. The van der Waals surface area contributed by atoms with Crippen LogP contribution in [0.15, 0.2) is 24.3 Å². The van der Waals surface area contributed by atoms with Crippen molar-refractivity contribution in [3.63, 3.8) is 0 Å². The molecule has 1 aliphatic carbocycles. The van der Waals surface area contributed by atoms with Crippen LogP contribution in [0.3, 0.4) is 0 Å². The van der Waals surface area contributed by atoms with Gasteiger partial charge in [0.05, 0.1) is 11.6 Å². The van der Waals surface area contributed by atoms with E-state index in [-0.39, 0.29) is 11.5 Å². The SMILES string of the molecule is CC1(C)CCCCC1(O)C1Cc2ccccc2N1. The smallest absolute Gasteiger partial charge is 0.0901 e. The molecule has 0 aromatic heterocycles. The second-order valence-corrected chi connectivity index (χ2v) is 6.57. The Morgan fingerprint density at radius 1 is 1.17 bits per heavy atom. The van der Waals surface area contributed by atoms with Crippen LogP contribution in [0.25, 0.3) is 0 Å². The highest BCUT2D eigenvalue weighted by atomic mass is 16.3. The maximum absolute atomic E-state index is 11.2. The second kappa shape index (κ2) is 3.99. The molecule has 18 heavy (non-hydrogen) atoms. The van der Waals surface area contributed by atoms with Gasteiger partial charge in [-0.3, -0.25) is 0 Å². The quantitative estimate of drug-likeness (QED) is 0.795. The average Bonchev–Trinajstić information content (AvgIpc) is 2.77. The summed E-state index contributed by atoms with van der Waals surface area (Å²) in [6.07, 6.45) is 5.39. The molecule has 2 aliphatic rings. The van der Waals surface area contributed by atoms with E-state index in [1.807, 2.05) is 0 Å². The molecular weight excluding hydrogens is 222 g/mol. The minimum absolute atomic E-state index is 0.00492. The molecule has 2 unspecified atom stereocenters. The molecule has 0 saturated heterocycles. The first-order valence-electron chi connectivity index (χ1n) is 7.10. The minimum atomic E-state index is -0.579. The Hall–Kier alpha value is -1.02. The van der Waals surface area contributed by atoms with E-state index >= 15 is 0 Å². The van der Waals surface area contributed by atoms with Gasteiger partial charge in [-0.05, 0) is 36.3 Å². The summed E-state index contributed by atoms with van der Waals surface area (Å²) in [6.45, 7) is 4.44. The number of nitrogens with one attached hydrogen (secondary N) is 1. The molecule has 1 fully saturated rings. The Kier molecular flexibility index (Phi) is 2.67. The van der Waals surface area contributed by atoms with Crippen LogP contribution in [0.5, 0.6) is 0 Å². The second-order valence-electron chi connectivity index (χ2n) is 6.57. The summed E-state index contributed by atoms with van der Waals surface area (Å²) in [5, 5.41) is 14.8. The first-order valence-corrected chi connectivity index (χ1v) is 7.10. The van der Waals surface area contributed by atoms with E-state index in [0.717, 1.165) is 25.7 Å². The number of benzene rings is 1. The highest BCUT2D eigenvalue weighted by molar-refractivity contribution is 5.57. The van der Waals surface area contributed by atoms with Crippen LogP contribution in [0, 0.1) is 5.41 Å². The van der Waals surface area contributed by atoms with Crippen molar-refractivity contribution >= 4 is 5.69 Å². The molecule has 1 aliphatic heterocycles. The summed E-state index contributed by atoms with van der Waals surface area (Å²) in [7, 11) is 0. The first-order chi connectivity index (χ1) is 8.53. The lowest BCUT2D eigenvalue weighted by molar-refractivity contribution is -0.108. The van der Waals surface area contributed by atoms with Crippen molar-refractivity contribution in [2.75, 3.05) is 5.32 Å². The molecule has 0 spiro atoms. The molecule has 1 aromatic rings. The fourth-order valence-electron chi connectivity index (χ4n) is 3.75. The van der Waals surface area contributed by atoms with E-state index in [4.69, 9.17) is 0 Å². The third-order valence-corrected chi connectivity index (χ3v) is 5.13. The Balaban J connectivity index is 1.88. The van der Waals surface area contributed by atoms with Crippen molar-refractivity contribution in [2.24, 2.45) is 5.41 Å². The zero-order valence-corrected chi connectivity index (χ0v) is 11.4. The lowest BCUT2D eigenvalue weighted by Gasteiger charge is -2.50. The molecule has 2 nitrogen and oxygen atoms in total. The number of fused-ring (bicyclic) bond motifs is 1. The largest absolute Gasteiger partial charge is 0.387 e. The van der Waals surface area contributed by atoms with Crippen molar-refractivity contribution in [3.8, 4) is 0 Å². The monoisotopic (exact) mass is 245 g/mol. The Morgan fingerprint density at radius 3 is 2.61 bits per heavy atom. The number of rotatable bonds is 1. The summed E-state index contributed by atoms with van der Waals surface area (Å²) >= 11 is 0. The molecule has 2 N–H and O–H groups in total. The zero-order valence-electron chi connectivity index (χ0n) is 11.4. The van der Waals surface area contributed by atoms with E-state index in [1.165, 1.54) is 17.7 Å².